The molecule has 3 N–H and O–H groups in total. The number of nitrogens with zero attached hydrogens (tertiary/aromatic N) is 6. The molecule has 0 aliphatic rings. The van der Waals surface area contributed by atoms with Gasteiger partial charge in [0.25, 0.3) is 5.91 Å². The van der Waals surface area contributed by atoms with Crippen LogP contribution in [-0.2, 0) is 6.42 Å². The van der Waals surface area contributed by atoms with Gasteiger partial charge < -0.3 is 19.9 Å². The molecule has 0 spiro atoms. The van der Waals surface area contributed by atoms with Crippen LogP contribution in [0.1, 0.15) is 35.1 Å². The summed E-state index contributed by atoms with van der Waals surface area (Å²) in [5.74, 6) is 1.02. The van der Waals surface area contributed by atoms with Crippen LogP contribution in [0.15, 0.2) is 21.9 Å². The normalized spacial score (nSPS) is 11.0. The van der Waals surface area contributed by atoms with E-state index in [4.69, 9.17) is 19.9 Å². The minimum Gasteiger partial charge on any atom is -0.493 e. The van der Waals surface area contributed by atoms with Crippen LogP contribution >= 0.6 is 0 Å². The summed E-state index contributed by atoms with van der Waals surface area (Å²) in [6.07, 6.45) is 2.66. The van der Waals surface area contributed by atoms with Gasteiger partial charge in [0.2, 0.25) is 17.4 Å². The summed E-state index contributed by atoms with van der Waals surface area (Å²) < 4.78 is 21.8. The molecule has 3 rings (SSSR count). The summed E-state index contributed by atoms with van der Waals surface area (Å²) in [7, 11) is 4.53. The second-order valence-electron chi connectivity index (χ2n) is 6.18. The third-order valence-electron chi connectivity index (χ3n) is 4.23. The Morgan fingerprint density at radius 1 is 1.23 bits per heavy atom. The number of hydrogen-bond acceptors (Lipinski definition) is 11. The highest BCUT2D eigenvalue weighted by Gasteiger charge is 2.23. The van der Waals surface area contributed by atoms with Gasteiger partial charge >= 0.3 is 0 Å². The number of rotatable bonds is 9. The highest BCUT2D eigenvalue weighted by molar-refractivity contribution is 5.94. The Kier molecular flexibility index (Phi) is 6.64. The van der Waals surface area contributed by atoms with Crippen LogP contribution in [0.4, 0.5) is 5.82 Å². The molecular formula is C18H22N8O5. The standard InChI is InChI=1S/C18H22N8O5/c1-5-6-11-14(21-25-26(11)17-16(19)23-31-24-17)18(27)22-20-9-10-7-12(28-2)15(30-4)13(8-10)29-3/h7-9H,5-6H2,1-4H3,(H2,19,23)(H,22,27)/b20-9-. The van der Waals surface area contributed by atoms with Gasteiger partial charge in [-0.15, -0.1) is 5.10 Å². The molecule has 0 atom stereocenters. The van der Waals surface area contributed by atoms with Gasteiger partial charge in [0.15, 0.2) is 17.2 Å². The maximum absolute atomic E-state index is 12.6. The topological polar surface area (TPSA) is 165 Å². The van der Waals surface area contributed by atoms with E-state index >= 15 is 0 Å². The number of benzene rings is 1. The SMILES string of the molecule is CCCc1c(C(=O)N/N=C\c2cc(OC)c(OC)c(OC)c2)nnn1-c1nonc1N. The Bertz CT molecular complexity index is 1070. The molecule has 0 aliphatic carbocycles. The number of aromatic nitrogens is 5. The van der Waals surface area contributed by atoms with Crippen molar-refractivity contribution in [3.05, 3.63) is 29.1 Å². The number of hydrazone groups is 1. The van der Waals surface area contributed by atoms with Gasteiger partial charge in [-0.1, -0.05) is 18.6 Å². The molecule has 0 radical (unpaired) electrons. The first kappa shape index (κ1) is 21.5. The van der Waals surface area contributed by atoms with E-state index in [2.05, 4.69) is 35.8 Å². The first-order chi connectivity index (χ1) is 15.0. The van der Waals surface area contributed by atoms with Gasteiger partial charge in [-0.3, -0.25) is 4.79 Å². The average Bonchev–Trinajstić information content (AvgIpc) is 3.38. The van der Waals surface area contributed by atoms with E-state index < -0.39 is 5.91 Å². The van der Waals surface area contributed by atoms with Crippen molar-refractivity contribution < 1.29 is 23.6 Å². The van der Waals surface area contributed by atoms with Crippen LogP contribution in [0.5, 0.6) is 17.2 Å². The number of amides is 1. The van der Waals surface area contributed by atoms with Crippen molar-refractivity contribution >= 4 is 17.9 Å². The smallest absolute Gasteiger partial charge is 0.293 e. The van der Waals surface area contributed by atoms with Crippen LogP contribution < -0.4 is 25.4 Å². The number of hydrogen-bond donors (Lipinski definition) is 2. The van der Waals surface area contributed by atoms with Gasteiger partial charge in [0, 0.05) is 5.56 Å². The number of anilines is 1. The van der Waals surface area contributed by atoms with Gasteiger partial charge in [0.05, 0.1) is 33.2 Å². The Balaban J connectivity index is 1.82. The van der Waals surface area contributed by atoms with E-state index in [1.807, 2.05) is 6.92 Å². The monoisotopic (exact) mass is 430 g/mol. The molecule has 0 bridgehead atoms. The third kappa shape index (κ3) is 4.39. The summed E-state index contributed by atoms with van der Waals surface area (Å²) in [6.45, 7) is 1.95. The Hall–Kier alpha value is -4.16. The second-order valence-corrected chi connectivity index (χ2v) is 6.18. The summed E-state index contributed by atoms with van der Waals surface area (Å²) in [6, 6.07) is 3.38. The minimum atomic E-state index is -0.548. The quantitative estimate of drug-likeness (QED) is 0.369. The lowest BCUT2D eigenvalue weighted by Crippen LogP contribution is -2.20. The van der Waals surface area contributed by atoms with Crippen molar-refractivity contribution in [2.24, 2.45) is 5.10 Å². The molecule has 0 aliphatic heterocycles. The molecule has 0 saturated heterocycles. The maximum Gasteiger partial charge on any atom is 0.293 e. The number of carbonyl (C=O) groups is 1. The van der Waals surface area contributed by atoms with Gasteiger partial charge in [-0.25, -0.2) is 10.1 Å². The molecule has 164 valence electrons. The number of carbonyl (C=O) groups excluding carboxylic acids is 1. The van der Waals surface area contributed by atoms with Crippen LogP contribution in [0.2, 0.25) is 0 Å². The number of ether oxygens (including phenoxy) is 3. The lowest BCUT2D eigenvalue weighted by atomic mass is 10.2. The molecule has 0 unspecified atom stereocenters. The second kappa shape index (κ2) is 9.56. The fraction of sp³-hybridized carbons (Fsp3) is 0.333. The maximum atomic E-state index is 12.6. The number of nitrogens with one attached hydrogen (secondary N) is 1. The van der Waals surface area contributed by atoms with E-state index in [0.717, 1.165) is 6.42 Å². The fourth-order valence-electron chi connectivity index (χ4n) is 2.84. The summed E-state index contributed by atoms with van der Waals surface area (Å²) in [4.78, 5) is 12.6. The molecule has 31 heavy (non-hydrogen) atoms. The Labute approximate surface area is 177 Å². The summed E-state index contributed by atoms with van der Waals surface area (Å²) >= 11 is 0. The van der Waals surface area contributed by atoms with Crippen LogP contribution in [-0.4, -0.2) is 58.8 Å². The lowest BCUT2D eigenvalue weighted by molar-refractivity contribution is 0.0949. The molecule has 13 nitrogen and oxygen atoms in total. The predicted molar refractivity (Wildman–Crippen MR) is 109 cm³/mol. The fourth-order valence-corrected chi connectivity index (χ4v) is 2.84. The molecule has 2 heterocycles. The minimum absolute atomic E-state index is 0.0367. The van der Waals surface area contributed by atoms with E-state index in [1.54, 1.807) is 12.1 Å². The molecule has 1 amide bonds. The van der Waals surface area contributed by atoms with Crippen molar-refractivity contribution in [3.8, 4) is 23.1 Å². The molecular weight excluding hydrogens is 408 g/mol. The molecule has 13 heteroatoms. The highest BCUT2D eigenvalue weighted by Crippen LogP contribution is 2.37. The van der Waals surface area contributed by atoms with E-state index in [-0.39, 0.29) is 17.3 Å². The van der Waals surface area contributed by atoms with Crippen molar-refractivity contribution in [3.63, 3.8) is 0 Å². The predicted octanol–water partition coefficient (Wildman–Crippen LogP) is 0.975. The molecule has 0 saturated carbocycles. The first-order valence-corrected chi connectivity index (χ1v) is 9.20. The van der Waals surface area contributed by atoms with Gasteiger partial charge in [0.1, 0.15) is 0 Å². The summed E-state index contributed by atoms with van der Waals surface area (Å²) in [5.41, 5.74) is 9.37. The molecule has 0 fully saturated rings. The summed E-state index contributed by atoms with van der Waals surface area (Å²) in [5, 5.41) is 19.1. The zero-order chi connectivity index (χ0) is 22.4. The Morgan fingerprint density at radius 3 is 2.48 bits per heavy atom. The Morgan fingerprint density at radius 2 is 1.94 bits per heavy atom. The van der Waals surface area contributed by atoms with E-state index in [9.17, 15) is 4.79 Å². The van der Waals surface area contributed by atoms with Gasteiger partial charge in [-0.05, 0) is 28.9 Å². The number of nitrogen functional groups attached to an aromatic ring is 1. The van der Waals surface area contributed by atoms with Crippen LogP contribution in [0.25, 0.3) is 5.82 Å². The van der Waals surface area contributed by atoms with Crippen LogP contribution in [0, 0.1) is 0 Å². The van der Waals surface area contributed by atoms with Gasteiger partial charge in [-0.2, -0.15) is 9.78 Å². The van der Waals surface area contributed by atoms with Crippen molar-refractivity contribution in [2.45, 2.75) is 19.8 Å². The zero-order valence-corrected chi connectivity index (χ0v) is 17.4. The zero-order valence-electron chi connectivity index (χ0n) is 17.4. The van der Waals surface area contributed by atoms with Crippen LogP contribution in [0.3, 0.4) is 0 Å². The molecule has 1 aromatic carbocycles. The molecule has 2 aromatic heterocycles. The number of methoxy groups -OCH3 is 3. The van der Waals surface area contributed by atoms with Crippen molar-refractivity contribution in [2.75, 3.05) is 27.1 Å². The largest absolute Gasteiger partial charge is 0.493 e. The molecule has 3 aromatic rings. The first-order valence-electron chi connectivity index (χ1n) is 9.20. The highest BCUT2D eigenvalue weighted by atomic mass is 16.6. The van der Waals surface area contributed by atoms with E-state index in [1.165, 1.54) is 32.2 Å². The lowest BCUT2D eigenvalue weighted by Gasteiger charge is -2.12. The van der Waals surface area contributed by atoms with Crippen molar-refractivity contribution in [1.29, 1.82) is 0 Å². The average molecular weight is 430 g/mol. The third-order valence-corrected chi connectivity index (χ3v) is 4.23. The van der Waals surface area contributed by atoms with Crippen molar-refractivity contribution in [1.82, 2.24) is 30.7 Å². The van der Waals surface area contributed by atoms with E-state index in [0.29, 0.717) is 34.9 Å². The number of nitrogens with two attached hydrogens (primary N) is 1.